The molecule has 1 N–H and O–H groups in total. The SMILES string of the molecule is CC1CCCC(CCNC2CCSc3c(F)cccc32)C1. The van der Waals surface area contributed by atoms with Gasteiger partial charge in [0.25, 0.3) is 0 Å². The predicted molar refractivity (Wildman–Crippen MR) is 88.2 cm³/mol. The molecule has 0 aromatic heterocycles. The van der Waals surface area contributed by atoms with Crippen LogP contribution in [-0.2, 0) is 0 Å². The molecule has 1 fully saturated rings. The summed E-state index contributed by atoms with van der Waals surface area (Å²) in [4.78, 5) is 0.868. The Morgan fingerprint density at radius 2 is 2.19 bits per heavy atom. The summed E-state index contributed by atoms with van der Waals surface area (Å²) in [5.74, 6) is 2.77. The molecule has 2 aliphatic rings. The van der Waals surface area contributed by atoms with Gasteiger partial charge in [0.15, 0.2) is 0 Å². The first-order valence-electron chi connectivity index (χ1n) is 8.38. The second-order valence-corrected chi connectivity index (χ2v) is 7.83. The average molecular weight is 307 g/mol. The van der Waals surface area contributed by atoms with Crippen LogP contribution in [0.4, 0.5) is 4.39 Å². The molecule has 0 amide bonds. The van der Waals surface area contributed by atoms with Crippen LogP contribution in [0.15, 0.2) is 23.1 Å². The summed E-state index contributed by atoms with van der Waals surface area (Å²) in [6.45, 7) is 3.46. The van der Waals surface area contributed by atoms with Crippen molar-refractivity contribution in [3.05, 3.63) is 29.6 Å². The molecule has 1 aromatic carbocycles. The highest BCUT2D eigenvalue weighted by molar-refractivity contribution is 7.99. The van der Waals surface area contributed by atoms with Crippen LogP contribution in [-0.4, -0.2) is 12.3 Å². The molecule has 3 atom stereocenters. The normalized spacial score (nSPS) is 29.1. The topological polar surface area (TPSA) is 12.0 Å². The highest BCUT2D eigenvalue weighted by Crippen LogP contribution is 2.38. The van der Waals surface area contributed by atoms with Gasteiger partial charge in [0.2, 0.25) is 0 Å². The van der Waals surface area contributed by atoms with Crippen molar-refractivity contribution >= 4 is 11.8 Å². The van der Waals surface area contributed by atoms with Crippen molar-refractivity contribution in [2.75, 3.05) is 12.3 Å². The Balaban J connectivity index is 1.54. The number of fused-ring (bicyclic) bond motifs is 1. The monoisotopic (exact) mass is 307 g/mol. The van der Waals surface area contributed by atoms with Gasteiger partial charge < -0.3 is 5.32 Å². The molecule has 116 valence electrons. The minimum Gasteiger partial charge on any atom is -0.310 e. The standard InChI is InChI=1S/C18H26FNS/c1-13-4-2-5-14(12-13)8-10-20-17-9-11-21-18-15(17)6-3-7-16(18)19/h3,6-7,13-14,17,20H,2,4-5,8-12H2,1H3. The van der Waals surface area contributed by atoms with E-state index in [0.29, 0.717) is 6.04 Å². The molecule has 3 unspecified atom stereocenters. The maximum atomic E-state index is 13.9. The van der Waals surface area contributed by atoms with Crippen molar-refractivity contribution < 1.29 is 4.39 Å². The van der Waals surface area contributed by atoms with Crippen LogP contribution >= 0.6 is 11.8 Å². The smallest absolute Gasteiger partial charge is 0.137 e. The molecule has 0 bridgehead atoms. The van der Waals surface area contributed by atoms with Crippen molar-refractivity contribution in [2.24, 2.45) is 11.8 Å². The molecule has 1 nitrogen and oxygen atoms in total. The zero-order valence-electron chi connectivity index (χ0n) is 12.9. The average Bonchev–Trinajstić information content (AvgIpc) is 2.48. The quantitative estimate of drug-likeness (QED) is 0.823. The van der Waals surface area contributed by atoms with E-state index in [1.807, 2.05) is 6.07 Å². The molecule has 1 heterocycles. The third-order valence-corrected chi connectivity index (χ3v) is 6.17. The lowest BCUT2D eigenvalue weighted by Gasteiger charge is -2.29. The van der Waals surface area contributed by atoms with Crippen LogP contribution in [0.2, 0.25) is 0 Å². The molecular weight excluding hydrogens is 281 g/mol. The number of hydrogen-bond donors (Lipinski definition) is 1. The van der Waals surface area contributed by atoms with Gasteiger partial charge in [0.05, 0.1) is 0 Å². The highest BCUT2D eigenvalue weighted by Gasteiger charge is 2.23. The van der Waals surface area contributed by atoms with Crippen molar-refractivity contribution in [3.8, 4) is 0 Å². The van der Waals surface area contributed by atoms with Crippen LogP contribution in [0.25, 0.3) is 0 Å². The Kier molecular flexibility index (Phi) is 5.23. The van der Waals surface area contributed by atoms with Gasteiger partial charge in [-0.1, -0.05) is 38.3 Å². The largest absolute Gasteiger partial charge is 0.310 e. The Hall–Kier alpha value is -0.540. The fourth-order valence-corrected chi connectivity index (χ4v) is 5.02. The molecule has 21 heavy (non-hydrogen) atoms. The van der Waals surface area contributed by atoms with Gasteiger partial charge in [-0.25, -0.2) is 4.39 Å². The summed E-state index contributed by atoms with van der Waals surface area (Å²) in [6, 6.07) is 5.86. The van der Waals surface area contributed by atoms with Gasteiger partial charge in [-0.15, -0.1) is 11.8 Å². The van der Waals surface area contributed by atoms with Crippen LogP contribution in [0.3, 0.4) is 0 Å². The van der Waals surface area contributed by atoms with E-state index in [1.54, 1.807) is 17.8 Å². The van der Waals surface area contributed by atoms with Gasteiger partial charge in [-0.3, -0.25) is 0 Å². The Labute approximate surface area is 132 Å². The lowest BCUT2D eigenvalue weighted by molar-refractivity contribution is 0.264. The maximum Gasteiger partial charge on any atom is 0.137 e. The van der Waals surface area contributed by atoms with Crippen molar-refractivity contribution in [1.82, 2.24) is 5.32 Å². The zero-order valence-corrected chi connectivity index (χ0v) is 13.7. The fourth-order valence-electron chi connectivity index (χ4n) is 3.88. The van der Waals surface area contributed by atoms with Gasteiger partial charge in [0.1, 0.15) is 5.82 Å². The van der Waals surface area contributed by atoms with Gasteiger partial charge >= 0.3 is 0 Å². The van der Waals surface area contributed by atoms with Crippen LogP contribution in [0.5, 0.6) is 0 Å². The summed E-state index contributed by atoms with van der Waals surface area (Å²) in [7, 11) is 0. The number of hydrogen-bond acceptors (Lipinski definition) is 2. The van der Waals surface area contributed by atoms with E-state index in [9.17, 15) is 4.39 Å². The first-order valence-corrected chi connectivity index (χ1v) is 9.37. The predicted octanol–water partition coefficient (Wildman–Crippen LogP) is 5.17. The molecule has 1 aliphatic heterocycles. The third kappa shape index (κ3) is 3.81. The number of halogens is 1. The number of nitrogens with one attached hydrogen (secondary N) is 1. The summed E-state index contributed by atoms with van der Waals surface area (Å²) in [5.41, 5.74) is 1.17. The molecule has 1 saturated carbocycles. The van der Waals surface area contributed by atoms with Gasteiger partial charge in [-0.05, 0) is 55.0 Å². The van der Waals surface area contributed by atoms with Crippen molar-refractivity contribution in [2.45, 2.75) is 56.4 Å². The first-order chi connectivity index (χ1) is 10.2. The highest BCUT2D eigenvalue weighted by atomic mass is 32.2. The lowest BCUT2D eigenvalue weighted by Crippen LogP contribution is -2.28. The fraction of sp³-hybridized carbons (Fsp3) is 0.667. The number of benzene rings is 1. The van der Waals surface area contributed by atoms with E-state index in [0.717, 1.165) is 35.4 Å². The number of thioether (sulfide) groups is 1. The minimum atomic E-state index is -0.0508. The Morgan fingerprint density at radius 1 is 1.29 bits per heavy atom. The maximum absolute atomic E-state index is 13.9. The van der Waals surface area contributed by atoms with E-state index >= 15 is 0 Å². The zero-order chi connectivity index (χ0) is 14.7. The van der Waals surface area contributed by atoms with Gasteiger partial charge in [0, 0.05) is 10.9 Å². The molecule has 0 spiro atoms. The van der Waals surface area contributed by atoms with Crippen LogP contribution in [0, 0.1) is 17.7 Å². The van der Waals surface area contributed by atoms with Crippen LogP contribution in [0.1, 0.15) is 57.1 Å². The lowest BCUT2D eigenvalue weighted by atomic mass is 9.81. The molecule has 1 aliphatic carbocycles. The first kappa shape index (κ1) is 15.4. The van der Waals surface area contributed by atoms with E-state index in [1.165, 1.54) is 37.7 Å². The molecule has 3 heteroatoms. The Morgan fingerprint density at radius 3 is 3.05 bits per heavy atom. The van der Waals surface area contributed by atoms with E-state index < -0.39 is 0 Å². The summed E-state index contributed by atoms with van der Waals surface area (Å²) >= 11 is 1.67. The summed E-state index contributed by atoms with van der Waals surface area (Å²) in [5, 5.41) is 3.69. The molecule has 3 rings (SSSR count). The van der Waals surface area contributed by atoms with Gasteiger partial charge in [-0.2, -0.15) is 0 Å². The van der Waals surface area contributed by atoms with E-state index in [-0.39, 0.29) is 5.82 Å². The van der Waals surface area contributed by atoms with Crippen molar-refractivity contribution in [3.63, 3.8) is 0 Å². The molecule has 1 aromatic rings. The van der Waals surface area contributed by atoms with E-state index in [2.05, 4.69) is 18.3 Å². The number of rotatable bonds is 4. The van der Waals surface area contributed by atoms with Crippen LogP contribution < -0.4 is 5.32 Å². The third-order valence-electron chi connectivity index (χ3n) is 5.01. The molecule has 0 saturated heterocycles. The second-order valence-electron chi connectivity index (χ2n) is 6.73. The Bertz CT molecular complexity index is 476. The second kappa shape index (κ2) is 7.15. The summed E-state index contributed by atoms with van der Waals surface area (Å²) in [6.07, 6.45) is 8.00. The molecular formula is C18H26FNS. The van der Waals surface area contributed by atoms with Crippen molar-refractivity contribution in [1.29, 1.82) is 0 Å². The minimum absolute atomic E-state index is 0.0508. The van der Waals surface area contributed by atoms with E-state index in [4.69, 9.17) is 0 Å². The molecule has 0 radical (unpaired) electrons. The summed E-state index contributed by atoms with van der Waals surface area (Å²) < 4.78 is 13.9.